The largest absolute Gasteiger partial charge is 0.449 e. The van der Waals surface area contributed by atoms with Crippen LogP contribution >= 0.6 is 0 Å². The van der Waals surface area contributed by atoms with Gasteiger partial charge in [-0.1, -0.05) is 0 Å². The standard InChI is InChI=1S/C21H22F4N2O4/c22-8-14-10-29-13(9-30-14)3-6-27-11-20(4-5-20)26-19(28)18-17(27)15-7-12(21(23,24)25)1-2-16(15)31-18/h1-2,7,13-14H,3-6,8-11H2,(H,26,28)/t13-,14-/m1/s1. The quantitative estimate of drug-likeness (QED) is 0.732. The molecule has 2 aliphatic heterocycles. The number of ether oxygens (including phenoxy) is 2. The molecular formula is C21H22F4N2O4. The third kappa shape index (κ3) is 3.87. The molecule has 1 aromatic heterocycles. The van der Waals surface area contributed by atoms with E-state index in [1.807, 2.05) is 4.90 Å². The van der Waals surface area contributed by atoms with Crippen molar-refractivity contribution in [2.75, 3.05) is 37.9 Å². The summed E-state index contributed by atoms with van der Waals surface area (Å²) in [6.07, 6.45) is -3.20. The van der Waals surface area contributed by atoms with Gasteiger partial charge in [0.1, 0.15) is 18.4 Å². The summed E-state index contributed by atoms with van der Waals surface area (Å²) in [6.45, 7) is 0.712. The number of carbonyl (C=O) groups is 1. The topological polar surface area (TPSA) is 63.9 Å². The molecule has 3 heterocycles. The molecule has 2 fully saturated rings. The molecule has 10 heteroatoms. The molecule has 31 heavy (non-hydrogen) atoms. The Morgan fingerprint density at radius 1 is 1.16 bits per heavy atom. The van der Waals surface area contributed by atoms with Gasteiger partial charge in [0.15, 0.2) is 0 Å². The minimum absolute atomic E-state index is 0.0244. The summed E-state index contributed by atoms with van der Waals surface area (Å²) in [5.41, 5.74) is -0.583. The van der Waals surface area contributed by atoms with Crippen molar-refractivity contribution in [2.24, 2.45) is 0 Å². The smallest absolute Gasteiger partial charge is 0.416 e. The molecule has 5 rings (SSSR count). The average Bonchev–Trinajstić information content (AvgIpc) is 3.40. The van der Waals surface area contributed by atoms with Crippen LogP contribution in [-0.4, -0.2) is 56.6 Å². The van der Waals surface area contributed by atoms with Crippen LogP contribution in [0.1, 0.15) is 35.4 Å². The number of rotatable bonds is 4. The highest BCUT2D eigenvalue weighted by atomic mass is 19.4. The molecule has 0 unspecified atom stereocenters. The molecule has 2 atom stereocenters. The summed E-state index contributed by atoms with van der Waals surface area (Å²) in [4.78, 5) is 14.7. The van der Waals surface area contributed by atoms with Gasteiger partial charge in [-0.2, -0.15) is 13.2 Å². The Balaban J connectivity index is 1.47. The number of hydrogen-bond donors (Lipinski definition) is 1. The van der Waals surface area contributed by atoms with Crippen LogP contribution in [0.2, 0.25) is 0 Å². The van der Waals surface area contributed by atoms with Crippen LogP contribution in [0.25, 0.3) is 11.0 Å². The molecule has 1 aromatic carbocycles. The summed E-state index contributed by atoms with van der Waals surface area (Å²) < 4.78 is 69.4. The zero-order valence-corrected chi connectivity index (χ0v) is 16.6. The van der Waals surface area contributed by atoms with E-state index in [-0.39, 0.29) is 36.0 Å². The van der Waals surface area contributed by atoms with Gasteiger partial charge in [-0.15, -0.1) is 0 Å². The van der Waals surface area contributed by atoms with Crippen molar-refractivity contribution in [3.8, 4) is 0 Å². The number of benzene rings is 1. The number of alkyl halides is 4. The van der Waals surface area contributed by atoms with Gasteiger partial charge in [-0.3, -0.25) is 4.79 Å². The van der Waals surface area contributed by atoms with E-state index < -0.39 is 36.0 Å². The number of furan rings is 1. The van der Waals surface area contributed by atoms with Crippen molar-refractivity contribution in [3.05, 3.63) is 29.5 Å². The first-order valence-electron chi connectivity index (χ1n) is 10.3. The highest BCUT2D eigenvalue weighted by Gasteiger charge is 2.49. The number of carbonyl (C=O) groups excluding carboxylic acids is 1. The lowest BCUT2D eigenvalue weighted by Crippen LogP contribution is -2.44. The van der Waals surface area contributed by atoms with Crippen LogP contribution in [0.4, 0.5) is 23.2 Å². The molecule has 3 aliphatic rings. The first-order chi connectivity index (χ1) is 14.8. The van der Waals surface area contributed by atoms with E-state index in [9.17, 15) is 22.4 Å². The summed E-state index contributed by atoms with van der Waals surface area (Å²) in [7, 11) is 0. The Bertz CT molecular complexity index is 993. The molecule has 1 saturated heterocycles. The summed E-state index contributed by atoms with van der Waals surface area (Å²) >= 11 is 0. The average molecular weight is 442 g/mol. The van der Waals surface area contributed by atoms with E-state index in [2.05, 4.69) is 5.32 Å². The van der Waals surface area contributed by atoms with E-state index >= 15 is 0 Å². The normalized spacial score (nSPS) is 25.4. The molecule has 1 aliphatic carbocycles. The van der Waals surface area contributed by atoms with E-state index in [1.54, 1.807) is 0 Å². The zero-order chi connectivity index (χ0) is 21.8. The Hall–Kier alpha value is -2.33. The summed E-state index contributed by atoms with van der Waals surface area (Å²) in [5, 5.41) is 3.24. The lowest BCUT2D eigenvalue weighted by molar-refractivity contribution is -0.138. The third-order valence-corrected chi connectivity index (χ3v) is 6.17. The molecule has 1 spiro atoms. The predicted octanol–water partition coefficient (Wildman–Crippen LogP) is 3.68. The van der Waals surface area contributed by atoms with Gasteiger partial charge in [0.05, 0.1) is 36.1 Å². The van der Waals surface area contributed by atoms with Gasteiger partial charge < -0.3 is 24.1 Å². The van der Waals surface area contributed by atoms with Gasteiger partial charge in [-0.05, 0) is 37.5 Å². The fourth-order valence-electron chi connectivity index (χ4n) is 4.27. The fourth-order valence-corrected chi connectivity index (χ4v) is 4.27. The first kappa shape index (κ1) is 20.6. The van der Waals surface area contributed by atoms with Crippen LogP contribution in [0.15, 0.2) is 22.6 Å². The summed E-state index contributed by atoms with van der Waals surface area (Å²) in [6, 6.07) is 3.24. The SMILES string of the molecule is O=C1NC2(CC2)CN(CC[C@@H]2CO[C@H](CF)CO2)c2c1oc1ccc(C(F)(F)F)cc21. The zero-order valence-electron chi connectivity index (χ0n) is 16.6. The summed E-state index contributed by atoms with van der Waals surface area (Å²) in [5.74, 6) is -0.390. The third-order valence-electron chi connectivity index (χ3n) is 6.17. The molecule has 0 radical (unpaired) electrons. The van der Waals surface area contributed by atoms with Crippen molar-refractivity contribution in [3.63, 3.8) is 0 Å². The minimum Gasteiger partial charge on any atom is -0.449 e. The van der Waals surface area contributed by atoms with Crippen LogP contribution in [0.5, 0.6) is 0 Å². The maximum Gasteiger partial charge on any atom is 0.416 e. The molecule has 1 saturated carbocycles. The van der Waals surface area contributed by atoms with Crippen LogP contribution < -0.4 is 10.2 Å². The Morgan fingerprint density at radius 2 is 1.90 bits per heavy atom. The molecule has 1 amide bonds. The molecule has 0 bridgehead atoms. The van der Waals surface area contributed by atoms with Gasteiger partial charge in [0.2, 0.25) is 5.76 Å². The molecule has 2 aromatic rings. The van der Waals surface area contributed by atoms with Crippen molar-refractivity contribution >= 4 is 22.6 Å². The molecule has 1 N–H and O–H groups in total. The number of nitrogens with zero attached hydrogens (tertiary/aromatic N) is 1. The Labute approximate surface area is 175 Å². The number of amides is 1. The maximum atomic E-state index is 13.3. The van der Waals surface area contributed by atoms with E-state index in [1.165, 1.54) is 6.07 Å². The number of hydrogen-bond acceptors (Lipinski definition) is 5. The van der Waals surface area contributed by atoms with Gasteiger partial charge in [0.25, 0.3) is 5.91 Å². The molecule has 6 nitrogen and oxygen atoms in total. The number of nitrogens with one attached hydrogen (secondary N) is 1. The fraction of sp³-hybridized carbons (Fsp3) is 0.571. The predicted molar refractivity (Wildman–Crippen MR) is 103 cm³/mol. The lowest BCUT2D eigenvalue weighted by atomic mass is 10.1. The molecule has 168 valence electrons. The number of fused-ring (bicyclic) bond motifs is 3. The number of anilines is 1. The minimum atomic E-state index is -4.51. The van der Waals surface area contributed by atoms with E-state index in [4.69, 9.17) is 13.9 Å². The Morgan fingerprint density at radius 3 is 2.55 bits per heavy atom. The highest BCUT2D eigenvalue weighted by Crippen LogP contribution is 2.45. The monoisotopic (exact) mass is 442 g/mol. The van der Waals surface area contributed by atoms with E-state index in [0.717, 1.165) is 25.0 Å². The second-order valence-corrected chi connectivity index (χ2v) is 8.50. The highest BCUT2D eigenvalue weighted by molar-refractivity contribution is 6.08. The second kappa shape index (κ2) is 7.37. The van der Waals surface area contributed by atoms with Gasteiger partial charge in [0, 0.05) is 18.5 Å². The van der Waals surface area contributed by atoms with Crippen molar-refractivity contribution in [2.45, 2.75) is 43.2 Å². The molecular weight excluding hydrogens is 420 g/mol. The van der Waals surface area contributed by atoms with Crippen molar-refractivity contribution in [1.29, 1.82) is 0 Å². The second-order valence-electron chi connectivity index (χ2n) is 8.50. The van der Waals surface area contributed by atoms with Crippen molar-refractivity contribution < 1.29 is 36.2 Å². The van der Waals surface area contributed by atoms with Gasteiger partial charge in [-0.25, -0.2) is 4.39 Å². The van der Waals surface area contributed by atoms with Crippen molar-refractivity contribution in [1.82, 2.24) is 5.32 Å². The first-order valence-corrected chi connectivity index (χ1v) is 10.3. The van der Waals surface area contributed by atoms with Crippen LogP contribution in [0, 0.1) is 0 Å². The lowest BCUT2D eigenvalue weighted by Gasteiger charge is -2.31. The van der Waals surface area contributed by atoms with Crippen LogP contribution in [-0.2, 0) is 15.7 Å². The Kier molecular flexibility index (Phi) is 4.89. The van der Waals surface area contributed by atoms with Gasteiger partial charge >= 0.3 is 6.18 Å². The maximum absolute atomic E-state index is 13.3. The van der Waals surface area contributed by atoms with E-state index in [0.29, 0.717) is 25.2 Å². The number of halogens is 4. The van der Waals surface area contributed by atoms with Crippen LogP contribution in [0.3, 0.4) is 0 Å².